The lowest BCUT2D eigenvalue weighted by molar-refractivity contribution is -0.177. The molecule has 8 heteroatoms. The summed E-state index contributed by atoms with van der Waals surface area (Å²) in [5.74, 6) is -3.84. The van der Waals surface area contributed by atoms with Crippen LogP contribution in [0.15, 0.2) is 24.3 Å². The Hall–Kier alpha value is -2.25. The molecule has 5 nitrogen and oxygen atoms in total. The van der Waals surface area contributed by atoms with Gasteiger partial charge in [-0.25, -0.2) is 13.2 Å². The Bertz CT molecular complexity index is 827. The van der Waals surface area contributed by atoms with Gasteiger partial charge in [0.25, 0.3) is 11.8 Å². The van der Waals surface area contributed by atoms with Crippen molar-refractivity contribution in [1.82, 2.24) is 9.80 Å². The Morgan fingerprint density at radius 2 is 1.93 bits per heavy atom. The summed E-state index contributed by atoms with van der Waals surface area (Å²) in [7, 11) is 1.55. The van der Waals surface area contributed by atoms with Crippen LogP contribution < -0.4 is 4.74 Å². The Morgan fingerprint density at radius 3 is 2.62 bits per heavy atom. The van der Waals surface area contributed by atoms with Crippen molar-refractivity contribution in [3.05, 3.63) is 29.8 Å². The number of amides is 2. The van der Waals surface area contributed by atoms with Crippen molar-refractivity contribution in [3.63, 3.8) is 0 Å². The van der Waals surface area contributed by atoms with Crippen LogP contribution in [0.2, 0.25) is 0 Å². The molecule has 2 heterocycles. The van der Waals surface area contributed by atoms with Crippen molar-refractivity contribution in [2.24, 2.45) is 5.41 Å². The number of halogens is 3. The molecular weight excluding hydrogens is 385 g/mol. The maximum Gasteiger partial charge on any atom is 0.266 e. The summed E-state index contributed by atoms with van der Waals surface area (Å²) in [6.07, 6.45) is 0.373. The van der Waals surface area contributed by atoms with Gasteiger partial charge in [0.1, 0.15) is 5.75 Å². The van der Waals surface area contributed by atoms with Gasteiger partial charge >= 0.3 is 0 Å². The summed E-state index contributed by atoms with van der Waals surface area (Å²) >= 11 is 0. The number of methoxy groups -OCH3 is 1. The number of hydrogen-bond donors (Lipinski definition) is 0. The van der Waals surface area contributed by atoms with Crippen LogP contribution in [0.3, 0.4) is 0 Å². The fourth-order valence-corrected chi connectivity index (χ4v) is 4.66. The molecule has 1 atom stereocenters. The molecule has 2 saturated heterocycles. The SMILES string of the molecule is COc1cccc(CN2CCCC3(CN(C(=O)C4(F)CC4)CC(F)(F)C3)C2=O)c1. The van der Waals surface area contributed by atoms with Crippen LogP contribution in [0.1, 0.15) is 37.7 Å². The third-order valence-electron chi connectivity index (χ3n) is 6.20. The summed E-state index contributed by atoms with van der Waals surface area (Å²) in [5, 5.41) is 0. The first-order valence-electron chi connectivity index (χ1n) is 9.95. The number of alkyl halides is 3. The van der Waals surface area contributed by atoms with E-state index in [4.69, 9.17) is 4.74 Å². The van der Waals surface area contributed by atoms with Gasteiger partial charge in [-0.05, 0) is 43.4 Å². The van der Waals surface area contributed by atoms with E-state index < -0.39 is 35.9 Å². The normalized spacial score (nSPS) is 27.8. The van der Waals surface area contributed by atoms with Crippen LogP contribution in [0, 0.1) is 5.41 Å². The minimum absolute atomic E-state index is 0.0663. The van der Waals surface area contributed by atoms with E-state index in [2.05, 4.69) is 0 Å². The number of ether oxygens (including phenoxy) is 1. The highest BCUT2D eigenvalue weighted by Crippen LogP contribution is 2.48. The fourth-order valence-electron chi connectivity index (χ4n) is 4.66. The molecule has 1 aliphatic carbocycles. The molecule has 0 bridgehead atoms. The van der Waals surface area contributed by atoms with Gasteiger partial charge in [0.05, 0.1) is 19.1 Å². The van der Waals surface area contributed by atoms with Crippen molar-refractivity contribution in [2.45, 2.75) is 50.2 Å². The van der Waals surface area contributed by atoms with Gasteiger partial charge in [0.2, 0.25) is 5.91 Å². The van der Waals surface area contributed by atoms with Crippen molar-refractivity contribution < 1.29 is 27.5 Å². The van der Waals surface area contributed by atoms with Gasteiger partial charge in [-0.1, -0.05) is 12.1 Å². The molecule has 1 spiro atoms. The molecule has 1 aromatic rings. The minimum Gasteiger partial charge on any atom is -0.497 e. The molecule has 2 amide bonds. The van der Waals surface area contributed by atoms with E-state index in [1.807, 2.05) is 12.1 Å². The average Bonchev–Trinajstić information content (AvgIpc) is 3.42. The van der Waals surface area contributed by atoms with Crippen molar-refractivity contribution in [1.29, 1.82) is 0 Å². The lowest BCUT2D eigenvalue weighted by atomic mass is 9.71. The molecule has 1 saturated carbocycles. The van der Waals surface area contributed by atoms with Crippen LogP contribution in [-0.2, 0) is 16.1 Å². The predicted octanol–water partition coefficient (Wildman–Crippen LogP) is 3.17. The summed E-state index contributed by atoms with van der Waals surface area (Å²) in [4.78, 5) is 28.2. The molecular formula is C21H25F3N2O3. The van der Waals surface area contributed by atoms with E-state index in [-0.39, 0.29) is 38.3 Å². The maximum absolute atomic E-state index is 14.6. The highest BCUT2D eigenvalue weighted by Gasteiger charge is 2.60. The number of benzene rings is 1. The van der Waals surface area contributed by atoms with Crippen LogP contribution in [0.4, 0.5) is 13.2 Å². The van der Waals surface area contributed by atoms with E-state index in [0.717, 1.165) is 10.5 Å². The Balaban J connectivity index is 1.56. The van der Waals surface area contributed by atoms with Crippen molar-refractivity contribution >= 4 is 11.8 Å². The highest BCUT2D eigenvalue weighted by molar-refractivity contribution is 5.90. The number of likely N-dealkylation sites (tertiary alicyclic amines) is 2. The van der Waals surface area contributed by atoms with Crippen LogP contribution >= 0.6 is 0 Å². The van der Waals surface area contributed by atoms with Crippen LogP contribution in [-0.4, -0.2) is 59.9 Å². The second-order valence-electron chi connectivity index (χ2n) is 8.62. The van der Waals surface area contributed by atoms with Crippen molar-refractivity contribution in [2.75, 3.05) is 26.7 Å². The third kappa shape index (κ3) is 3.81. The van der Waals surface area contributed by atoms with Gasteiger partial charge in [0, 0.05) is 26.1 Å². The monoisotopic (exact) mass is 410 g/mol. The smallest absolute Gasteiger partial charge is 0.266 e. The first kappa shape index (κ1) is 20.0. The summed E-state index contributed by atoms with van der Waals surface area (Å²) in [6, 6.07) is 7.25. The lowest BCUT2D eigenvalue weighted by Gasteiger charge is -2.49. The second-order valence-corrected chi connectivity index (χ2v) is 8.62. The number of rotatable bonds is 4. The van der Waals surface area contributed by atoms with Gasteiger partial charge in [-0.15, -0.1) is 0 Å². The molecule has 1 unspecified atom stereocenters. The zero-order valence-corrected chi connectivity index (χ0v) is 16.4. The molecule has 2 aliphatic heterocycles. The van der Waals surface area contributed by atoms with Gasteiger partial charge in [-0.2, -0.15) is 0 Å². The number of carbonyl (C=O) groups excluding carboxylic acids is 2. The maximum atomic E-state index is 14.6. The first-order valence-corrected chi connectivity index (χ1v) is 9.95. The van der Waals surface area contributed by atoms with E-state index >= 15 is 0 Å². The topological polar surface area (TPSA) is 49.9 Å². The summed E-state index contributed by atoms with van der Waals surface area (Å²) in [6.45, 7) is -0.211. The van der Waals surface area contributed by atoms with Gasteiger partial charge < -0.3 is 14.5 Å². The summed E-state index contributed by atoms with van der Waals surface area (Å²) in [5.41, 5.74) is -2.54. The first-order chi connectivity index (χ1) is 13.7. The average molecular weight is 410 g/mol. The molecule has 3 fully saturated rings. The Morgan fingerprint density at radius 1 is 1.17 bits per heavy atom. The third-order valence-corrected chi connectivity index (χ3v) is 6.20. The van der Waals surface area contributed by atoms with Gasteiger partial charge in [0.15, 0.2) is 5.67 Å². The number of nitrogens with zero attached hydrogens (tertiary/aromatic N) is 2. The number of hydrogen-bond acceptors (Lipinski definition) is 3. The molecule has 0 N–H and O–H groups in total. The van der Waals surface area contributed by atoms with Gasteiger partial charge in [-0.3, -0.25) is 9.59 Å². The molecule has 1 aromatic carbocycles. The standard InChI is InChI=1S/C21H25F3N2O3/c1-29-16-5-2-4-15(10-16)11-25-9-3-6-19(17(25)27)12-21(23,24)14-26(13-19)18(28)20(22)7-8-20/h2,4-5,10H,3,6-9,11-14H2,1H3. The van der Waals surface area contributed by atoms with E-state index in [9.17, 15) is 22.8 Å². The molecule has 158 valence electrons. The van der Waals surface area contributed by atoms with Crippen LogP contribution in [0.25, 0.3) is 0 Å². The quantitative estimate of drug-likeness (QED) is 0.766. The largest absolute Gasteiger partial charge is 0.497 e. The zero-order chi connectivity index (χ0) is 20.9. The Kier molecular flexibility index (Phi) is 4.78. The predicted molar refractivity (Wildman–Crippen MR) is 99.3 cm³/mol. The molecule has 0 aromatic heterocycles. The summed E-state index contributed by atoms with van der Waals surface area (Å²) < 4.78 is 48.6. The van der Waals surface area contributed by atoms with Crippen molar-refractivity contribution in [3.8, 4) is 5.75 Å². The number of piperidine rings is 2. The molecule has 29 heavy (non-hydrogen) atoms. The molecule has 3 aliphatic rings. The molecule has 0 radical (unpaired) electrons. The second kappa shape index (κ2) is 6.92. The van der Waals surface area contributed by atoms with E-state index in [0.29, 0.717) is 18.7 Å². The number of carbonyl (C=O) groups is 2. The lowest BCUT2D eigenvalue weighted by Crippen LogP contribution is -2.62. The van der Waals surface area contributed by atoms with E-state index in [1.54, 1.807) is 24.1 Å². The van der Waals surface area contributed by atoms with E-state index in [1.165, 1.54) is 0 Å². The highest BCUT2D eigenvalue weighted by atomic mass is 19.3. The molecule has 4 rings (SSSR count). The zero-order valence-electron chi connectivity index (χ0n) is 16.4. The minimum atomic E-state index is -3.21. The Labute approximate surface area is 167 Å². The fraction of sp³-hybridized carbons (Fsp3) is 0.619. The van der Waals surface area contributed by atoms with Crippen LogP contribution in [0.5, 0.6) is 5.75 Å².